The van der Waals surface area contributed by atoms with Gasteiger partial charge in [0.2, 0.25) is 0 Å². The fraction of sp³-hybridized carbons (Fsp3) is 0.273. The van der Waals surface area contributed by atoms with E-state index in [2.05, 4.69) is 15.9 Å². The summed E-state index contributed by atoms with van der Waals surface area (Å²) in [5.74, 6) is -0.138. The summed E-state index contributed by atoms with van der Waals surface area (Å²) >= 11 is 20.5. The number of rotatable bonds is 5. The summed E-state index contributed by atoms with van der Waals surface area (Å²) < 4.78 is 32.5. The van der Waals surface area contributed by atoms with Gasteiger partial charge in [-0.25, -0.2) is 12.4 Å². The number of alkyl halides is 3. The molecule has 8 nitrogen and oxygen atoms in total. The van der Waals surface area contributed by atoms with Gasteiger partial charge in [0.05, 0.1) is 23.2 Å². The minimum Gasteiger partial charge on any atom is -0.495 e. The molecular formula is C22H19BrCl3N3O5S. The second kappa shape index (κ2) is 9.82. The van der Waals surface area contributed by atoms with Crippen molar-refractivity contribution < 1.29 is 22.7 Å². The minimum absolute atomic E-state index is 0.0161. The molecule has 2 heterocycles. The highest BCUT2D eigenvalue weighted by molar-refractivity contribution is 9.10. The van der Waals surface area contributed by atoms with Crippen LogP contribution in [-0.2, 0) is 14.8 Å². The smallest absolute Gasteiger partial charge is 0.274 e. The predicted octanol–water partition coefficient (Wildman–Crippen LogP) is 4.48. The first-order chi connectivity index (χ1) is 16.5. The largest absolute Gasteiger partial charge is 0.495 e. The van der Waals surface area contributed by atoms with Crippen LogP contribution in [0.1, 0.15) is 10.4 Å². The van der Waals surface area contributed by atoms with E-state index in [0.29, 0.717) is 46.2 Å². The van der Waals surface area contributed by atoms with Crippen LogP contribution in [0.4, 0.5) is 5.69 Å². The fourth-order valence-corrected chi connectivity index (χ4v) is 6.11. The summed E-state index contributed by atoms with van der Waals surface area (Å²) in [7, 11) is -2.57. The van der Waals surface area contributed by atoms with Gasteiger partial charge in [-0.1, -0.05) is 56.8 Å². The molecule has 0 aliphatic carbocycles. The van der Waals surface area contributed by atoms with E-state index in [1.165, 1.54) is 30.3 Å². The zero-order valence-corrected chi connectivity index (χ0v) is 22.9. The number of aromatic nitrogens is 1. The van der Waals surface area contributed by atoms with Gasteiger partial charge in [-0.15, -0.1) is 0 Å². The molecule has 1 aromatic heterocycles. The van der Waals surface area contributed by atoms with Crippen molar-refractivity contribution in [3.05, 3.63) is 52.6 Å². The SMILES string of the molecule is COc1ccc(S(=O)(=O)n2cc(C=O)c3ccc(Br)cc32)cc1N1CCN(C(=O)C(Cl)(Cl)Cl)CC1. The van der Waals surface area contributed by atoms with Gasteiger partial charge in [-0.05, 0) is 30.3 Å². The summed E-state index contributed by atoms with van der Waals surface area (Å²) in [6, 6.07) is 9.61. The van der Waals surface area contributed by atoms with Gasteiger partial charge >= 0.3 is 0 Å². The highest BCUT2D eigenvalue weighted by atomic mass is 79.9. The van der Waals surface area contributed by atoms with Crippen LogP contribution in [0, 0.1) is 0 Å². The predicted molar refractivity (Wildman–Crippen MR) is 140 cm³/mol. The number of nitrogens with zero attached hydrogens (tertiary/aromatic N) is 3. The number of hydrogen-bond acceptors (Lipinski definition) is 6. The number of anilines is 1. The normalized spacial score (nSPS) is 14.9. The van der Waals surface area contributed by atoms with E-state index in [1.807, 2.05) is 4.90 Å². The van der Waals surface area contributed by atoms with Crippen LogP contribution in [0.25, 0.3) is 10.9 Å². The maximum Gasteiger partial charge on any atom is 0.274 e. The molecule has 0 N–H and O–H groups in total. The lowest BCUT2D eigenvalue weighted by Crippen LogP contribution is -2.51. The molecule has 1 aliphatic rings. The maximum atomic E-state index is 13.7. The number of halogens is 4. The zero-order valence-electron chi connectivity index (χ0n) is 18.3. The van der Waals surface area contributed by atoms with E-state index in [4.69, 9.17) is 39.5 Å². The average molecular weight is 624 g/mol. The average Bonchev–Trinajstić information content (AvgIpc) is 3.21. The monoisotopic (exact) mass is 621 g/mol. The second-order valence-corrected chi connectivity index (χ2v) is 12.8. The Morgan fingerprint density at radius 1 is 1.09 bits per heavy atom. The fourth-order valence-electron chi connectivity index (χ4n) is 4.01. The van der Waals surface area contributed by atoms with Crippen molar-refractivity contribution in [2.45, 2.75) is 8.69 Å². The Hall–Kier alpha value is -1.98. The van der Waals surface area contributed by atoms with Crippen LogP contribution in [0.2, 0.25) is 0 Å². The maximum absolute atomic E-state index is 13.7. The number of ether oxygens (including phenoxy) is 1. The number of fused-ring (bicyclic) bond motifs is 1. The van der Waals surface area contributed by atoms with Crippen LogP contribution in [0.3, 0.4) is 0 Å². The van der Waals surface area contributed by atoms with E-state index in [9.17, 15) is 18.0 Å². The molecule has 0 unspecified atom stereocenters. The Morgan fingerprint density at radius 3 is 2.37 bits per heavy atom. The third-order valence-electron chi connectivity index (χ3n) is 5.75. The molecular weight excluding hydrogens is 605 g/mol. The minimum atomic E-state index is -4.06. The highest BCUT2D eigenvalue weighted by Gasteiger charge is 2.37. The van der Waals surface area contributed by atoms with E-state index in [-0.39, 0.29) is 23.5 Å². The molecule has 1 saturated heterocycles. The van der Waals surface area contributed by atoms with E-state index in [0.717, 1.165) is 3.97 Å². The molecule has 186 valence electrons. The molecule has 1 fully saturated rings. The van der Waals surface area contributed by atoms with Crippen LogP contribution in [-0.4, -0.2) is 66.6 Å². The number of amides is 1. The molecule has 0 atom stereocenters. The molecule has 0 spiro atoms. The van der Waals surface area contributed by atoms with Gasteiger partial charge in [0, 0.05) is 47.8 Å². The number of methoxy groups -OCH3 is 1. The van der Waals surface area contributed by atoms with Crippen molar-refractivity contribution in [2.75, 3.05) is 38.2 Å². The molecule has 1 amide bonds. The number of carbonyl (C=O) groups excluding carboxylic acids is 2. The topological polar surface area (TPSA) is 88.9 Å². The van der Waals surface area contributed by atoms with Crippen molar-refractivity contribution in [3.8, 4) is 5.75 Å². The molecule has 13 heteroatoms. The lowest BCUT2D eigenvalue weighted by atomic mass is 10.2. The molecule has 0 saturated carbocycles. The van der Waals surface area contributed by atoms with Gasteiger partial charge in [0.25, 0.3) is 19.7 Å². The van der Waals surface area contributed by atoms with E-state index < -0.39 is 19.7 Å². The number of hydrogen-bond donors (Lipinski definition) is 0. The molecule has 0 radical (unpaired) electrons. The second-order valence-electron chi connectivity index (χ2n) is 7.78. The van der Waals surface area contributed by atoms with Crippen molar-refractivity contribution in [3.63, 3.8) is 0 Å². The van der Waals surface area contributed by atoms with Gasteiger partial charge in [-0.3, -0.25) is 9.59 Å². The van der Waals surface area contributed by atoms with E-state index >= 15 is 0 Å². The number of aldehydes is 1. The first-order valence-electron chi connectivity index (χ1n) is 10.3. The van der Waals surface area contributed by atoms with Gasteiger partial charge in [-0.2, -0.15) is 0 Å². The highest BCUT2D eigenvalue weighted by Crippen LogP contribution is 2.35. The summed E-state index contributed by atoms with van der Waals surface area (Å²) in [5.41, 5.74) is 1.18. The van der Waals surface area contributed by atoms with Crippen LogP contribution >= 0.6 is 50.7 Å². The molecule has 3 aromatic rings. The molecule has 35 heavy (non-hydrogen) atoms. The Bertz CT molecular complexity index is 1410. The van der Waals surface area contributed by atoms with Crippen molar-refractivity contribution >= 4 is 89.5 Å². The number of piperazine rings is 1. The standard InChI is InChI=1S/C22H19BrCl3N3O5S/c1-34-20-5-3-16(11-19(20)27-6-8-28(9-7-27)21(31)22(24,25)26)35(32,33)29-12-14(13-30)17-4-2-15(23)10-18(17)29/h2-5,10-13H,6-9H2,1H3. The quantitative estimate of drug-likeness (QED) is 0.308. The summed E-state index contributed by atoms with van der Waals surface area (Å²) in [5, 5.41) is 0.523. The number of benzene rings is 2. The number of carbonyl (C=O) groups is 2. The Balaban J connectivity index is 1.71. The van der Waals surface area contributed by atoms with Gasteiger partial charge in [0.15, 0.2) is 6.29 Å². The van der Waals surface area contributed by atoms with E-state index in [1.54, 1.807) is 24.3 Å². The molecule has 4 rings (SSSR count). The van der Waals surface area contributed by atoms with Gasteiger partial charge < -0.3 is 14.5 Å². The van der Waals surface area contributed by atoms with Crippen molar-refractivity contribution in [2.24, 2.45) is 0 Å². The third-order valence-corrected chi connectivity index (χ3v) is 8.40. The van der Waals surface area contributed by atoms with Crippen LogP contribution in [0.15, 0.2) is 52.0 Å². The zero-order chi connectivity index (χ0) is 25.5. The Morgan fingerprint density at radius 2 is 1.77 bits per heavy atom. The first-order valence-corrected chi connectivity index (χ1v) is 13.6. The summed E-state index contributed by atoms with van der Waals surface area (Å²) in [6.07, 6.45) is 1.93. The lowest BCUT2D eigenvalue weighted by Gasteiger charge is -2.37. The van der Waals surface area contributed by atoms with Crippen LogP contribution in [0.5, 0.6) is 5.75 Å². The third kappa shape index (κ3) is 4.99. The summed E-state index contributed by atoms with van der Waals surface area (Å²) in [6.45, 7) is 1.32. The lowest BCUT2D eigenvalue weighted by molar-refractivity contribution is -0.130. The Labute approximate surface area is 225 Å². The Kier molecular flexibility index (Phi) is 7.32. The first kappa shape index (κ1) is 26.1. The van der Waals surface area contributed by atoms with Crippen molar-refractivity contribution in [1.82, 2.24) is 8.87 Å². The van der Waals surface area contributed by atoms with Crippen molar-refractivity contribution in [1.29, 1.82) is 0 Å². The molecule has 1 aliphatic heterocycles. The summed E-state index contributed by atoms with van der Waals surface area (Å²) in [4.78, 5) is 27.2. The van der Waals surface area contributed by atoms with Gasteiger partial charge in [0.1, 0.15) is 5.75 Å². The van der Waals surface area contributed by atoms with Crippen LogP contribution < -0.4 is 9.64 Å². The molecule has 0 bridgehead atoms. The molecule has 2 aromatic carbocycles.